The molecule has 0 aliphatic rings. The van der Waals surface area contributed by atoms with Gasteiger partial charge in [0.25, 0.3) is 0 Å². The molecular weight excluding hydrogens is 222 g/mol. The number of carbonyl (C=O) groups excluding carboxylic acids is 1. The van der Waals surface area contributed by atoms with Gasteiger partial charge in [0.2, 0.25) is 5.91 Å². The Morgan fingerprint density at radius 1 is 1.59 bits per heavy atom. The molecule has 0 spiro atoms. The molecule has 7 nitrogen and oxygen atoms in total. The minimum atomic E-state index is -0.412. The van der Waals surface area contributed by atoms with Crippen molar-refractivity contribution >= 4 is 17.5 Å². The molecule has 0 bridgehead atoms. The number of nitrogens with zero attached hydrogens (tertiary/aromatic N) is 3. The summed E-state index contributed by atoms with van der Waals surface area (Å²) in [5.41, 5.74) is 5.13. The van der Waals surface area contributed by atoms with E-state index in [0.717, 1.165) is 0 Å². The number of hydrogen-bond donors (Lipinski definition) is 2. The van der Waals surface area contributed by atoms with Crippen molar-refractivity contribution in [1.82, 2.24) is 9.97 Å². The molecular formula is C10H17N5O2. The summed E-state index contributed by atoms with van der Waals surface area (Å²) in [4.78, 5) is 21.0. The van der Waals surface area contributed by atoms with Crippen LogP contribution in [0, 0.1) is 0 Å². The predicted molar refractivity (Wildman–Crippen MR) is 64.8 cm³/mol. The third-order valence-electron chi connectivity index (χ3n) is 2.07. The van der Waals surface area contributed by atoms with Gasteiger partial charge in [0.15, 0.2) is 5.82 Å². The predicted octanol–water partition coefficient (Wildman–Crippen LogP) is -0.414. The normalized spacial score (nSPS) is 10.1. The average molecular weight is 239 g/mol. The number of rotatable bonds is 6. The van der Waals surface area contributed by atoms with Gasteiger partial charge in [0.05, 0.1) is 6.54 Å². The van der Waals surface area contributed by atoms with Gasteiger partial charge in [-0.1, -0.05) is 0 Å². The Hall–Kier alpha value is -1.89. The van der Waals surface area contributed by atoms with E-state index in [0.29, 0.717) is 24.1 Å². The zero-order valence-corrected chi connectivity index (χ0v) is 10.2. The highest BCUT2D eigenvalue weighted by Crippen LogP contribution is 2.14. The van der Waals surface area contributed by atoms with Crippen LogP contribution in [0.1, 0.15) is 5.82 Å². The van der Waals surface area contributed by atoms with Crippen molar-refractivity contribution in [3.63, 3.8) is 0 Å². The number of ether oxygens (including phenoxy) is 1. The first-order chi connectivity index (χ1) is 8.06. The number of hydrogen-bond acceptors (Lipinski definition) is 6. The molecule has 0 saturated carbocycles. The van der Waals surface area contributed by atoms with Crippen molar-refractivity contribution in [1.29, 1.82) is 0 Å². The molecule has 0 aromatic carbocycles. The molecule has 0 aliphatic carbocycles. The van der Waals surface area contributed by atoms with E-state index in [2.05, 4.69) is 15.3 Å². The maximum Gasteiger partial charge on any atom is 0.236 e. The van der Waals surface area contributed by atoms with Crippen molar-refractivity contribution in [3.8, 4) is 0 Å². The lowest BCUT2D eigenvalue weighted by atomic mass is 10.4. The molecule has 1 heterocycles. The van der Waals surface area contributed by atoms with Crippen LogP contribution in [-0.4, -0.2) is 43.6 Å². The second-order valence-corrected chi connectivity index (χ2v) is 3.53. The zero-order chi connectivity index (χ0) is 12.8. The maximum atomic E-state index is 10.8. The smallest absolute Gasteiger partial charge is 0.236 e. The van der Waals surface area contributed by atoms with Gasteiger partial charge in [-0.05, 0) is 0 Å². The molecule has 1 amide bonds. The highest BCUT2D eigenvalue weighted by atomic mass is 16.5. The highest BCUT2D eigenvalue weighted by Gasteiger charge is 2.09. The summed E-state index contributed by atoms with van der Waals surface area (Å²) >= 11 is 0. The van der Waals surface area contributed by atoms with Crippen molar-refractivity contribution in [3.05, 3.63) is 11.9 Å². The third-order valence-corrected chi connectivity index (χ3v) is 2.07. The van der Waals surface area contributed by atoms with Gasteiger partial charge in [-0.25, -0.2) is 9.97 Å². The summed E-state index contributed by atoms with van der Waals surface area (Å²) in [6.45, 7) is 0.416. The Bertz CT molecular complexity index is 396. The molecule has 0 fully saturated rings. The van der Waals surface area contributed by atoms with Crippen LogP contribution in [0.5, 0.6) is 0 Å². The van der Waals surface area contributed by atoms with Gasteiger partial charge in [0.1, 0.15) is 18.2 Å². The first-order valence-electron chi connectivity index (χ1n) is 5.11. The van der Waals surface area contributed by atoms with Gasteiger partial charge < -0.3 is 20.7 Å². The maximum absolute atomic E-state index is 10.8. The minimum Gasteiger partial charge on any atom is -0.377 e. The Kier molecular flexibility index (Phi) is 4.65. The van der Waals surface area contributed by atoms with Crippen LogP contribution < -0.4 is 16.0 Å². The molecule has 0 saturated heterocycles. The fraction of sp³-hybridized carbons (Fsp3) is 0.500. The van der Waals surface area contributed by atoms with Crippen LogP contribution in [0.25, 0.3) is 0 Å². The number of nitrogens with two attached hydrogens (primary N) is 1. The molecule has 1 aromatic heterocycles. The van der Waals surface area contributed by atoms with E-state index in [4.69, 9.17) is 10.5 Å². The van der Waals surface area contributed by atoms with Crippen molar-refractivity contribution < 1.29 is 9.53 Å². The molecule has 17 heavy (non-hydrogen) atoms. The first kappa shape index (κ1) is 13.2. The second-order valence-electron chi connectivity index (χ2n) is 3.53. The Balaban J connectivity index is 2.96. The second kappa shape index (κ2) is 6.00. The monoisotopic (exact) mass is 239 g/mol. The van der Waals surface area contributed by atoms with Crippen LogP contribution in [0.2, 0.25) is 0 Å². The van der Waals surface area contributed by atoms with Crippen molar-refractivity contribution in [2.24, 2.45) is 5.73 Å². The van der Waals surface area contributed by atoms with Crippen LogP contribution >= 0.6 is 0 Å². The molecule has 0 aliphatic heterocycles. The molecule has 1 aromatic rings. The summed E-state index contributed by atoms with van der Waals surface area (Å²) in [5, 5.41) is 2.92. The SMILES string of the molecule is CNc1cc(N(C)CC(N)=O)nc(COC)n1. The lowest BCUT2D eigenvalue weighted by Crippen LogP contribution is -2.31. The fourth-order valence-electron chi connectivity index (χ4n) is 1.32. The molecule has 0 unspecified atom stereocenters. The average Bonchev–Trinajstić information content (AvgIpc) is 2.28. The number of carbonyl (C=O) groups is 1. The number of amides is 1. The Morgan fingerprint density at radius 2 is 2.29 bits per heavy atom. The molecule has 0 radical (unpaired) electrons. The molecule has 7 heteroatoms. The van der Waals surface area contributed by atoms with E-state index in [1.165, 1.54) is 0 Å². The summed E-state index contributed by atoms with van der Waals surface area (Å²) < 4.78 is 4.98. The van der Waals surface area contributed by atoms with Crippen LogP contribution in [-0.2, 0) is 16.1 Å². The quantitative estimate of drug-likeness (QED) is 0.700. The zero-order valence-electron chi connectivity index (χ0n) is 10.2. The number of nitrogens with one attached hydrogen (secondary N) is 1. The standard InChI is InChI=1S/C10H17N5O2/c1-12-8-4-10(15(2)5-7(11)16)14-9(13-8)6-17-3/h4H,5-6H2,1-3H3,(H2,11,16)(H,12,13,14). The Morgan fingerprint density at radius 3 is 2.82 bits per heavy atom. The summed E-state index contributed by atoms with van der Waals surface area (Å²) in [7, 11) is 5.07. The van der Waals surface area contributed by atoms with Crippen LogP contribution in [0.3, 0.4) is 0 Å². The number of primary amides is 1. The first-order valence-corrected chi connectivity index (χ1v) is 5.11. The van der Waals surface area contributed by atoms with Gasteiger partial charge in [-0.3, -0.25) is 4.79 Å². The molecule has 3 N–H and O–H groups in total. The lowest BCUT2D eigenvalue weighted by molar-refractivity contribution is -0.116. The number of likely N-dealkylation sites (N-methyl/N-ethyl adjacent to an activating group) is 1. The summed E-state index contributed by atoms with van der Waals surface area (Å²) in [6.07, 6.45) is 0. The number of methoxy groups -OCH3 is 1. The van der Waals surface area contributed by atoms with Crippen molar-refractivity contribution in [2.45, 2.75) is 6.61 Å². The summed E-state index contributed by atoms with van der Waals surface area (Å²) in [6, 6.07) is 1.74. The fourth-order valence-corrected chi connectivity index (χ4v) is 1.32. The van der Waals surface area contributed by atoms with Gasteiger partial charge in [0, 0.05) is 27.3 Å². The lowest BCUT2D eigenvalue weighted by Gasteiger charge is -2.17. The molecule has 94 valence electrons. The van der Waals surface area contributed by atoms with Gasteiger partial charge >= 0.3 is 0 Å². The van der Waals surface area contributed by atoms with E-state index < -0.39 is 5.91 Å². The number of anilines is 2. The Labute approximate surface area is 100.0 Å². The van der Waals surface area contributed by atoms with Gasteiger partial charge in [-0.15, -0.1) is 0 Å². The largest absolute Gasteiger partial charge is 0.377 e. The van der Waals surface area contributed by atoms with E-state index >= 15 is 0 Å². The van der Waals surface area contributed by atoms with E-state index in [1.807, 2.05) is 0 Å². The third kappa shape index (κ3) is 3.87. The van der Waals surface area contributed by atoms with Crippen LogP contribution in [0.15, 0.2) is 6.07 Å². The topological polar surface area (TPSA) is 93.4 Å². The van der Waals surface area contributed by atoms with E-state index in [1.54, 1.807) is 32.2 Å². The molecule has 0 atom stereocenters. The van der Waals surface area contributed by atoms with E-state index in [-0.39, 0.29) is 6.54 Å². The van der Waals surface area contributed by atoms with E-state index in [9.17, 15) is 4.79 Å². The van der Waals surface area contributed by atoms with Crippen molar-refractivity contribution in [2.75, 3.05) is 38.0 Å². The number of aromatic nitrogens is 2. The molecule has 1 rings (SSSR count). The van der Waals surface area contributed by atoms with Gasteiger partial charge in [-0.2, -0.15) is 0 Å². The van der Waals surface area contributed by atoms with Crippen LogP contribution in [0.4, 0.5) is 11.6 Å². The minimum absolute atomic E-state index is 0.104. The summed E-state index contributed by atoms with van der Waals surface area (Å²) in [5.74, 6) is 1.42. The highest BCUT2D eigenvalue weighted by molar-refractivity contribution is 5.79.